The van der Waals surface area contributed by atoms with Crippen LogP contribution in [-0.2, 0) is 6.54 Å². The lowest BCUT2D eigenvalue weighted by Gasteiger charge is -2.19. The molecule has 4 rings (SSSR count). The van der Waals surface area contributed by atoms with Crippen molar-refractivity contribution in [2.24, 2.45) is 0 Å². The van der Waals surface area contributed by atoms with Crippen LogP contribution in [0.25, 0.3) is 10.2 Å². The molecule has 1 amide bonds. The number of nitrogens with zero attached hydrogens (tertiary/aromatic N) is 2. The highest BCUT2D eigenvalue weighted by molar-refractivity contribution is 7.22. The monoisotopic (exact) mass is 404 g/mol. The molecule has 0 fully saturated rings. The molecular weight excluding hydrogens is 380 g/mol. The Kier molecular flexibility index (Phi) is 5.24. The molecule has 0 aliphatic carbocycles. The van der Waals surface area contributed by atoms with Crippen LogP contribution in [0.1, 0.15) is 52.6 Å². The third-order valence-corrected chi connectivity index (χ3v) is 6.23. The summed E-state index contributed by atoms with van der Waals surface area (Å²) in [4.78, 5) is 20.1. The minimum Gasteiger partial charge on any atom is -0.467 e. The molecule has 0 spiro atoms. The maximum absolute atomic E-state index is 13.5. The van der Waals surface area contributed by atoms with Crippen LogP contribution in [-0.4, -0.2) is 10.9 Å². The third kappa shape index (κ3) is 3.83. The van der Waals surface area contributed by atoms with Crippen LogP contribution in [0.4, 0.5) is 5.13 Å². The second-order valence-electron chi connectivity index (χ2n) is 7.61. The number of para-hydroxylation sites is 1. The van der Waals surface area contributed by atoms with E-state index in [1.165, 1.54) is 11.1 Å². The summed E-state index contributed by atoms with van der Waals surface area (Å²) in [6.07, 6.45) is 1.63. The zero-order valence-electron chi connectivity index (χ0n) is 17.1. The van der Waals surface area contributed by atoms with Gasteiger partial charge >= 0.3 is 0 Å². The van der Waals surface area contributed by atoms with Gasteiger partial charge in [-0.1, -0.05) is 43.4 Å². The van der Waals surface area contributed by atoms with Gasteiger partial charge in [-0.05, 0) is 66.8 Å². The number of carbonyl (C=O) groups is 1. The maximum Gasteiger partial charge on any atom is 0.260 e. The van der Waals surface area contributed by atoms with E-state index < -0.39 is 0 Å². The van der Waals surface area contributed by atoms with E-state index in [4.69, 9.17) is 9.40 Å². The van der Waals surface area contributed by atoms with Gasteiger partial charge in [-0.2, -0.15) is 0 Å². The van der Waals surface area contributed by atoms with Crippen LogP contribution in [0.2, 0.25) is 0 Å². The number of amides is 1. The van der Waals surface area contributed by atoms with E-state index in [0.717, 1.165) is 21.5 Å². The Morgan fingerprint density at radius 3 is 2.62 bits per heavy atom. The standard InChI is InChI=1S/C24H24N2O2S/c1-15(2)20-8-5-9-21-22(20)25-24(29-21)26(14-19-7-6-12-28-19)23(27)18-11-10-16(3)17(4)13-18/h5-13,15H,14H2,1-4H3. The summed E-state index contributed by atoms with van der Waals surface area (Å²) in [6, 6.07) is 15.8. The molecule has 2 aromatic carbocycles. The number of anilines is 1. The predicted octanol–water partition coefficient (Wildman–Crippen LogP) is 6.48. The summed E-state index contributed by atoms with van der Waals surface area (Å²) in [5.74, 6) is 1.02. The zero-order valence-corrected chi connectivity index (χ0v) is 17.9. The molecular formula is C24H24N2O2S. The normalized spacial score (nSPS) is 11.3. The Hall–Kier alpha value is -2.92. The number of fused-ring (bicyclic) bond motifs is 1. The highest BCUT2D eigenvalue weighted by atomic mass is 32.1. The minimum atomic E-state index is -0.0744. The van der Waals surface area contributed by atoms with Gasteiger partial charge in [0.1, 0.15) is 5.76 Å². The fraction of sp³-hybridized carbons (Fsp3) is 0.250. The minimum absolute atomic E-state index is 0.0744. The smallest absolute Gasteiger partial charge is 0.260 e. The number of aromatic nitrogens is 1. The summed E-state index contributed by atoms with van der Waals surface area (Å²) in [5, 5.41) is 0.688. The van der Waals surface area contributed by atoms with E-state index in [9.17, 15) is 4.79 Å². The van der Waals surface area contributed by atoms with E-state index in [1.54, 1.807) is 22.5 Å². The molecule has 0 aliphatic heterocycles. The van der Waals surface area contributed by atoms with E-state index >= 15 is 0 Å². The summed E-state index contributed by atoms with van der Waals surface area (Å²) in [5.41, 5.74) is 5.09. The topological polar surface area (TPSA) is 46.3 Å². The van der Waals surface area contributed by atoms with Gasteiger partial charge < -0.3 is 4.42 Å². The number of benzene rings is 2. The Balaban J connectivity index is 1.80. The molecule has 0 unspecified atom stereocenters. The van der Waals surface area contributed by atoms with Gasteiger partial charge in [0, 0.05) is 5.56 Å². The van der Waals surface area contributed by atoms with E-state index in [-0.39, 0.29) is 5.91 Å². The number of thiazole rings is 1. The first-order chi connectivity index (χ1) is 13.9. The lowest BCUT2D eigenvalue weighted by Crippen LogP contribution is -2.30. The van der Waals surface area contributed by atoms with Crippen LogP contribution < -0.4 is 4.90 Å². The highest BCUT2D eigenvalue weighted by Gasteiger charge is 2.24. The van der Waals surface area contributed by atoms with Gasteiger partial charge in [0.15, 0.2) is 5.13 Å². The molecule has 0 bridgehead atoms. The van der Waals surface area contributed by atoms with Crippen molar-refractivity contribution in [2.75, 3.05) is 4.90 Å². The van der Waals surface area contributed by atoms with Crippen LogP contribution in [0.3, 0.4) is 0 Å². The van der Waals surface area contributed by atoms with Crippen LogP contribution >= 0.6 is 11.3 Å². The molecule has 4 aromatic rings. The van der Waals surface area contributed by atoms with Gasteiger partial charge in [-0.15, -0.1) is 0 Å². The summed E-state index contributed by atoms with van der Waals surface area (Å²) in [6.45, 7) is 8.74. The highest BCUT2D eigenvalue weighted by Crippen LogP contribution is 2.34. The third-order valence-electron chi connectivity index (χ3n) is 5.18. The van der Waals surface area contributed by atoms with E-state index in [1.807, 2.05) is 44.2 Å². The zero-order chi connectivity index (χ0) is 20.5. The number of aryl methyl sites for hydroxylation is 2. The average molecular weight is 405 g/mol. The van der Waals surface area contributed by atoms with Crippen LogP contribution in [0.15, 0.2) is 59.2 Å². The van der Waals surface area contributed by atoms with Gasteiger partial charge in [-0.25, -0.2) is 4.98 Å². The molecule has 0 radical (unpaired) electrons. The van der Waals surface area contributed by atoms with Crippen molar-refractivity contribution in [3.63, 3.8) is 0 Å². The van der Waals surface area contributed by atoms with Crippen molar-refractivity contribution in [3.05, 3.63) is 82.8 Å². The average Bonchev–Trinajstić information content (AvgIpc) is 3.36. The molecule has 0 saturated carbocycles. The van der Waals surface area contributed by atoms with Crippen molar-refractivity contribution >= 4 is 32.6 Å². The molecule has 2 heterocycles. The molecule has 4 nitrogen and oxygen atoms in total. The Morgan fingerprint density at radius 1 is 1.10 bits per heavy atom. The first-order valence-corrected chi connectivity index (χ1v) is 10.6. The Bertz CT molecular complexity index is 1160. The molecule has 0 N–H and O–H groups in total. The molecule has 29 heavy (non-hydrogen) atoms. The van der Waals surface area contributed by atoms with Gasteiger partial charge in [0.05, 0.1) is 23.0 Å². The summed E-state index contributed by atoms with van der Waals surface area (Å²) in [7, 11) is 0. The van der Waals surface area contributed by atoms with E-state index in [0.29, 0.717) is 23.2 Å². The molecule has 0 saturated heterocycles. The molecule has 5 heteroatoms. The second kappa shape index (κ2) is 7.84. The molecule has 0 aliphatic rings. The van der Waals surface area contributed by atoms with Crippen molar-refractivity contribution in [3.8, 4) is 0 Å². The Morgan fingerprint density at radius 2 is 1.93 bits per heavy atom. The predicted molar refractivity (Wildman–Crippen MR) is 119 cm³/mol. The summed E-state index contributed by atoms with van der Waals surface area (Å²) >= 11 is 1.54. The van der Waals surface area contributed by atoms with Gasteiger partial charge in [0.25, 0.3) is 5.91 Å². The number of rotatable bonds is 5. The molecule has 0 atom stereocenters. The largest absolute Gasteiger partial charge is 0.467 e. The quantitative estimate of drug-likeness (QED) is 0.383. The lowest BCUT2D eigenvalue weighted by atomic mass is 10.0. The number of hydrogen-bond donors (Lipinski definition) is 0. The van der Waals surface area contributed by atoms with Crippen molar-refractivity contribution in [2.45, 2.75) is 40.2 Å². The number of furan rings is 1. The Labute approximate surface area is 174 Å². The first kappa shape index (κ1) is 19.4. The van der Waals surface area contributed by atoms with Crippen LogP contribution in [0, 0.1) is 13.8 Å². The number of hydrogen-bond acceptors (Lipinski definition) is 4. The van der Waals surface area contributed by atoms with Crippen molar-refractivity contribution in [1.82, 2.24) is 4.98 Å². The fourth-order valence-electron chi connectivity index (χ4n) is 3.35. The lowest BCUT2D eigenvalue weighted by molar-refractivity contribution is 0.0983. The fourth-order valence-corrected chi connectivity index (χ4v) is 4.35. The second-order valence-corrected chi connectivity index (χ2v) is 8.62. The summed E-state index contributed by atoms with van der Waals surface area (Å²) < 4.78 is 6.62. The molecule has 2 aromatic heterocycles. The van der Waals surface area contributed by atoms with E-state index in [2.05, 4.69) is 32.0 Å². The van der Waals surface area contributed by atoms with Crippen LogP contribution in [0.5, 0.6) is 0 Å². The van der Waals surface area contributed by atoms with Crippen molar-refractivity contribution < 1.29 is 9.21 Å². The van der Waals surface area contributed by atoms with Gasteiger partial charge in [-0.3, -0.25) is 9.69 Å². The number of carbonyl (C=O) groups excluding carboxylic acids is 1. The first-order valence-electron chi connectivity index (χ1n) is 9.75. The van der Waals surface area contributed by atoms with Gasteiger partial charge in [0.2, 0.25) is 0 Å². The molecule has 148 valence electrons. The SMILES string of the molecule is Cc1ccc(C(=O)N(Cc2ccco2)c2nc3c(C(C)C)cccc3s2)cc1C. The maximum atomic E-state index is 13.5. The van der Waals surface area contributed by atoms with Crippen molar-refractivity contribution in [1.29, 1.82) is 0 Å².